The van der Waals surface area contributed by atoms with Gasteiger partial charge in [0.15, 0.2) is 0 Å². The van der Waals surface area contributed by atoms with Gasteiger partial charge in [-0.25, -0.2) is 0 Å². The molecule has 0 aromatic rings. The molecule has 1 N–H and O–H groups in total. The summed E-state index contributed by atoms with van der Waals surface area (Å²) in [6, 6.07) is 0.237. The minimum absolute atomic E-state index is 0.153. The van der Waals surface area contributed by atoms with E-state index in [0.717, 1.165) is 6.42 Å². The summed E-state index contributed by atoms with van der Waals surface area (Å²) in [6.07, 6.45) is -3.47. The van der Waals surface area contributed by atoms with Gasteiger partial charge >= 0.3 is 6.18 Å². The normalized spacial score (nSPS) is 26.2. The second-order valence-corrected chi connectivity index (χ2v) is 6.10. The molecule has 1 heterocycles. The van der Waals surface area contributed by atoms with Crippen molar-refractivity contribution in [1.82, 2.24) is 5.32 Å². The van der Waals surface area contributed by atoms with Crippen molar-refractivity contribution >= 4 is 5.78 Å². The highest BCUT2D eigenvalue weighted by atomic mass is 19.4. The molecule has 2 nitrogen and oxygen atoms in total. The minimum Gasteiger partial charge on any atom is -0.314 e. The van der Waals surface area contributed by atoms with Crippen LogP contribution in [-0.4, -0.2) is 24.5 Å². The summed E-state index contributed by atoms with van der Waals surface area (Å²) in [4.78, 5) is 10.9. The smallest absolute Gasteiger partial charge is 0.314 e. The van der Waals surface area contributed by atoms with E-state index in [0.29, 0.717) is 13.0 Å². The molecule has 1 saturated heterocycles. The van der Waals surface area contributed by atoms with Crippen molar-refractivity contribution in [3.63, 3.8) is 0 Å². The van der Waals surface area contributed by atoms with Gasteiger partial charge in [0, 0.05) is 12.5 Å². The largest absolute Gasteiger partial charge is 0.449 e. The zero-order valence-corrected chi connectivity index (χ0v) is 10.5. The quantitative estimate of drug-likeness (QED) is 0.835. The summed E-state index contributed by atoms with van der Waals surface area (Å²) in [7, 11) is 0. The first-order valence-electron chi connectivity index (χ1n) is 5.91. The molecule has 1 aliphatic rings. The third-order valence-electron chi connectivity index (χ3n) is 2.96. The number of hydrogen-bond donors (Lipinski definition) is 1. The Hall–Kier alpha value is -0.580. The summed E-state index contributed by atoms with van der Waals surface area (Å²) >= 11 is 0. The number of ketones is 1. The standard InChI is InChI=1S/C12H20F3NO/c1-11(2,3)6-9-4-8(7-16-9)5-10(17)12(13,14)15/h8-9,16H,4-7H2,1-3H3/t8-,9+/m1/s1. The van der Waals surface area contributed by atoms with Crippen molar-refractivity contribution in [1.29, 1.82) is 0 Å². The van der Waals surface area contributed by atoms with E-state index in [1.807, 2.05) is 0 Å². The molecule has 1 aliphatic heterocycles. The molecule has 0 unspecified atom stereocenters. The lowest BCUT2D eigenvalue weighted by molar-refractivity contribution is -0.171. The average molecular weight is 251 g/mol. The van der Waals surface area contributed by atoms with Crippen LogP contribution in [0.3, 0.4) is 0 Å². The van der Waals surface area contributed by atoms with E-state index in [-0.39, 0.29) is 23.8 Å². The van der Waals surface area contributed by atoms with Crippen molar-refractivity contribution in [2.24, 2.45) is 11.3 Å². The molecule has 0 spiro atoms. The van der Waals surface area contributed by atoms with Gasteiger partial charge in [-0.05, 0) is 30.7 Å². The van der Waals surface area contributed by atoms with Gasteiger partial charge in [0.25, 0.3) is 0 Å². The van der Waals surface area contributed by atoms with E-state index >= 15 is 0 Å². The molecule has 5 heteroatoms. The van der Waals surface area contributed by atoms with Crippen molar-refractivity contribution in [3.8, 4) is 0 Å². The first kappa shape index (κ1) is 14.5. The lowest BCUT2D eigenvalue weighted by atomic mass is 9.86. The second kappa shape index (κ2) is 4.96. The molecule has 0 aromatic heterocycles. The van der Waals surface area contributed by atoms with Crippen molar-refractivity contribution in [2.75, 3.05) is 6.54 Å². The predicted molar refractivity (Wildman–Crippen MR) is 59.6 cm³/mol. The van der Waals surface area contributed by atoms with Gasteiger partial charge in [0.2, 0.25) is 5.78 Å². The first-order valence-corrected chi connectivity index (χ1v) is 5.91. The van der Waals surface area contributed by atoms with E-state index < -0.39 is 12.0 Å². The van der Waals surface area contributed by atoms with Crippen LogP contribution >= 0.6 is 0 Å². The fourth-order valence-corrected chi connectivity index (χ4v) is 2.33. The summed E-state index contributed by atoms with van der Waals surface area (Å²) in [5, 5.41) is 3.20. The number of carbonyl (C=O) groups excluding carboxylic acids is 1. The Morgan fingerprint density at radius 1 is 1.29 bits per heavy atom. The molecule has 0 aliphatic carbocycles. The van der Waals surface area contributed by atoms with Gasteiger partial charge in [-0.3, -0.25) is 4.79 Å². The van der Waals surface area contributed by atoms with Crippen LogP contribution in [0.2, 0.25) is 0 Å². The highest BCUT2D eigenvalue weighted by Gasteiger charge is 2.40. The van der Waals surface area contributed by atoms with Crippen molar-refractivity contribution in [2.45, 2.75) is 52.3 Å². The second-order valence-electron chi connectivity index (χ2n) is 6.10. The van der Waals surface area contributed by atoms with E-state index in [1.165, 1.54) is 0 Å². The SMILES string of the molecule is CC(C)(C)C[C@@H]1C[C@H](CC(=O)C(F)(F)F)CN1. The Kier molecular flexibility index (Phi) is 4.23. The molecule has 1 rings (SSSR count). The minimum atomic E-state index is -4.68. The predicted octanol–water partition coefficient (Wildman–Crippen LogP) is 2.92. The number of hydrogen-bond acceptors (Lipinski definition) is 2. The topological polar surface area (TPSA) is 29.1 Å². The monoisotopic (exact) mass is 251 g/mol. The van der Waals surface area contributed by atoms with Crippen molar-refractivity contribution < 1.29 is 18.0 Å². The zero-order chi connectivity index (χ0) is 13.3. The van der Waals surface area contributed by atoms with Crippen molar-refractivity contribution in [3.05, 3.63) is 0 Å². The maximum absolute atomic E-state index is 12.1. The maximum Gasteiger partial charge on any atom is 0.449 e. The maximum atomic E-state index is 12.1. The van der Waals surface area contributed by atoms with Crippen LogP contribution in [0.25, 0.3) is 0 Å². The number of halogens is 3. The van der Waals surface area contributed by atoms with Gasteiger partial charge in [0.05, 0.1) is 0 Å². The van der Waals surface area contributed by atoms with E-state index in [1.54, 1.807) is 0 Å². The summed E-state index contributed by atoms with van der Waals surface area (Å²) in [5.74, 6) is -1.77. The third kappa shape index (κ3) is 5.06. The van der Waals surface area contributed by atoms with Gasteiger partial charge in [-0.1, -0.05) is 20.8 Å². The summed E-state index contributed by atoms with van der Waals surface area (Å²) < 4.78 is 36.3. The van der Waals surface area contributed by atoms with Crippen LogP contribution in [0.15, 0.2) is 0 Å². The van der Waals surface area contributed by atoms with Gasteiger partial charge in [0.1, 0.15) is 0 Å². The Labute approximate surface area is 100.0 Å². The third-order valence-corrected chi connectivity index (χ3v) is 2.96. The molecular weight excluding hydrogens is 231 g/mol. The summed E-state index contributed by atoms with van der Waals surface area (Å²) in [5.41, 5.74) is 0.153. The Morgan fingerprint density at radius 2 is 1.88 bits per heavy atom. The van der Waals surface area contributed by atoms with Gasteiger partial charge in [-0.15, -0.1) is 0 Å². The van der Waals surface area contributed by atoms with E-state index in [4.69, 9.17) is 0 Å². The van der Waals surface area contributed by atoms with E-state index in [2.05, 4.69) is 26.1 Å². The van der Waals surface area contributed by atoms with Gasteiger partial charge in [-0.2, -0.15) is 13.2 Å². The van der Waals surface area contributed by atoms with Gasteiger partial charge < -0.3 is 5.32 Å². The van der Waals surface area contributed by atoms with E-state index in [9.17, 15) is 18.0 Å². The summed E-state index contributed by atoms with van der Waals surface area (Å²) in [6.45, 7) is 6.82. The molecule has 0 bridgehead atoms. The average Bonchev–Trinajstić information content (AvgIpc) is 2.47. The molecule has 1 fully saturated rings. The Balaban J connectivity index is 2.39. The van der Waals surface area contributed by atoms with Crippen LogP contribution in [0.5, 0.6) is 0 Å². The fraction of sp³-hybridized carbons (Fsp3) is 0.917. The molecule has 0 saturated carbocycles. The molecule has 17 heavy (non-hydrogen) atoms. The first-order chi connectivity index (χ1) is 7.58. The van der Waals surface area contributed by atoms with Crippen LogP contribution in [-0.2, 0) is 4.79 Å². The zero-order valence-electron chi connectivity index (χ0n) is 10.5. The Morgan fingerprint density at radius 3 is 2.35 bits per heavy atom. The number of carbonyl (C=O) groups is 1. The fourth-order valence-electron chi connectivity index (χ4n) is 2.33. The number of alkyl halides is 3. The van der Waals surface area contributed by atoms with Crippen LogP contribution in [0.4, 0.5) is 13.2 Å². The lowest BCUT2D eigenvalue weighted by Crippen LogP contribution is -2.26. The molecule has 0 amide bonds. The number of Topliss-reactive ketones (excluding diaryl/α,β-unsaturated/α-hetero) is 1. The van der Waals surface area contributed by atoms with Crippen LogP contribution in [0, 0.1) is 11.3 Å². The number of rotatable bonds is 3. The molecule has 0 radical (unpaired) electrons. The molecular formula is C12H20F3NO. The van der Waals surface area contributed by atoms with Crippen LogP contribution in [0.1, 0.15) is 40.0 Å². The molecule has 100 valence electrons. The number of nitrogens with one attached hydrogen (secondary N) is 1. The lowest BCUT2D eigenvalue weighted by Gasteiger charge is -2.23. The Bertz CT molecular complexity index is 280. The molecule has 0 aromatic carbocycles. The molecule has 2 atom stereocenters. The highest BCUT2D eigenvalue weighted by molar-refractivity contribution is 5.84. The van der Waals surface area contributed by atoms with Crippen LogP contribution < -0.4 is 5.32 Å². The highest BCUT2D eigenvalue weighted by Crippen LogP contribution is 2.30.